The van der Waals surface area contributed by atoms with Gasteiger partial charge >= 0.3 is 0 Å². The molecule has 0 saturated carbocycles. The van der Waals surface area contributed by atoms with Crippen LogP contribution in [0.15, 0.2) is 23.3 Å². The van der Waals surface area contributed by atoms with E-state index in [0.717, 1.165) is 0 Å². The number of carbonyl (C=O) groups is 1. The Hall–Kier alpha value is -1.56. The first-order valence-corrected chi connectivity index (χ1v) is 5.60. The maximum Gasteiger partial charge on any atom is 0.144 e. The maximum absolute atomic E-state index is 10.9. The zero-order valence-corrected chi connectivity index (χ0v) is 9.32. The second kappa shape index (κ2) is 3.79. The molecule has 84 valence electrons. The van der Waals surface area contributed by atoms with Crippen LogP contribution in [0.25, 0.3) is 0 Å². The van der Waals surface area contributed by atoms with Crippen molar-refractivity contribution in [1.82, 2.24) is 4.98 Å². The van der Waals surface area contributed by atoms with E-state index >= 15 is 0 Å². The Morgan fingerprint density at radius 2 is 2.44 bits per heavy atom. The molecular formula is C10H9N2O3S-. The van der Waals surface area contributed by atoms with Gasteiger partial charge in [-0.25, -0.2) is 0 Å². The lowest BCUT2D eigenvalue weighted by Crippen LogP contribution is -2.45. The number of aromatic nitrogens is 1. The van der Waals surface area contributed by atoms with Gasteiger partial charge in [-0.1, -0.05) is 0 Å². The Balaban J connectivity index is 2.39. The van der Waals surface area contributed by atoms with E-state index in [1.165, 1.54) is 30.9 Å². The molecular weight excluding hydrogens is 228 g/mol. The third-order valence-corrected chi connectivity index (χ3v) is 3.53. The molecule has 1 N–H and O–H groups in total. The highest BCUT2D eigenvalue weighted by molar-refractivity contribution is 8.14. The van der Waals surface area contributed by atoms with E-state index in [-0.39, 0.29) is 5.75 Å². The van der Waals surface area contributed by atoms with Crippen LogP contribution >= 0.6 is 11.8 Å². The number of carbonyl (C=O) groups excluding carboxylic acids is 1. The molecule has 2 rings (SSSR count). The Morgan fingerprint density at radius 3 is 3.00 bits per heavy atom. The van der Waals surface area contributed by atoms with Gasteiger partial charge in [0, 0.05) is 11.9 Å². The maximum atomic E-state index is 10.9. The standard InChI is InChI=1S/C10H10N2O3S/c1-10(9(14)15)5-16-8(12-10)7-6(13)3-2-4-11-7/h2-4,13H,5H2,1H3,(H,14,15)/p-1/t10-/m1/s1. The van der Waals surface area contributed by atoms with Crippen molar-refractivity contribution >= 4 is 22.8 Å². The van der Waals surface area contributed by atoms with Gasteiger partial charge in [0.25, 0.3) is 0 Å². The highest BCUT2D eigenvalue weighted by atomic mass is 32.2. The third-order valence-electron chi connectivity index (χ3n) is 2.27. The van der Waals surface area contributed by atoms with E-state index in [1.807, 2.05) is 0 Å². The number of pyridine rings is 1. The minimum absolute atomic E-state index is 0.00338. The van der Waals surface area contributed by atoms with Crippen LogP contribution in [-0.2, 0) is 4.79 Å². The Labute approximate surface area is 96.2 Å². The first kappa shape index (κ1) is 10.9. The van der Waals surface area contributed by atoms with E-state index in [2.05, 4.69) is 9.98 Å². The molecule has 1 atom stereocenters. The highest BCUT2D eigenvalue weighted by Crippen LogP contribution is 2.32. The van der Waals surface area contributed by atoms with Gasteiger partial charge in [-0.15, -0.1) is 11.8 Å². The molecule has 16 heavy (non-hydrogen) atoms. The van der Waals surface area contributed by atoms with Gasteiger partial charge in [0.1, 0.15) is 22.0 Å². The van der Waals surface area contributed by atoms with E-state index in [9.17, 15) is 15.0 Å². The van der Waals surface area contributed by atoms with Crippen molar-refractivity contribution in [3.05, 3.63) is 24.0 Å². The molecule has 0 bridgehead atoms. The molecule has 2 heterocycles. The molecule has 0 spiro atoms. The smallest absolute Gasteiger partial charge is 0.144 e. The van der Waals surface area contributed by atoms with Crippen molar-refractivity contribution < 1.29 is 15.0 Å². The summed E-state index contributed by atoms with van der Waals surface area (Å²) in [6, 6.07) is 3.08. The van der Waals surface area contributed by atoms with E-state index in [1.54, 1.807) is 6.07 Å². The summed E-state index contributed by atoms with van der Waals surface area (Å²) in [7, 11) is 0. The van der Waals surface area contributed by atoms with Crippen LogP contribution in [0.2, 0.25) is 0 Å². The largest absolute Gasteiger partial charge is 0.547 e. The lowest BCUT2D eigenvalue weighted by atomic mass is 10.1. The lowest BCUT2D eigenvalue weighted by Gasteiger charge is -2.19. The van der Waals surface area contributed by atoms with Crippen LogP contribution in [0.1, 0.15) is 12.6 Å². The summed E-state index contributed by atoms with van der Waals surface area (Å²) in [4.78, 5) is 18.9. The molecule has 0 fully saturated rings. The Bertz CT molecular complexity index is 475. The topological polar surface area (TPSA) is 85.6 Å². The fourth-order valence-corrected chi connectivity index (χ4v) is 2.45. The van der Waals surface area contributed by atoms with Crippen molar-refractivity contribution in [3.8, 4) is 5.75 Å². The molecule has 0 radical (unpaired) electrons. The molecule has 1 aromatic rings. The molecule has 0 aliphatic carbocycles. The summed E-state index contributed by atoms with van der Waals surface area (Å²) in [5, 5.41) is 20.9. The zero-order chi connectivity index (χ0) is 11.8. The SMILES string of the molecule is C[C@]1(C(=O)[O-])CSC(c2ncccc2O)=N1. The number of carboxylic acids is 1. The number of thioether (sulfide) groups is 1. The number of aliphatic imine (C=N–C) groups is 1. The van der Waals surface area contributed by atoms with Crippen LogP contribution < -0.4 is 5.11 Å². The first-order chi connectivity index (χ1) is 7.53. The van der Waals surface area contributed by atoms with Gasteiger partial charge in [0.05, 0.1) is 5.97 Å². The fourth-order valence-electron chi connectivity index (χ4n) is 1.29. The van der Waals surface area contributed by atoms with Crippen LogP contribution in [0.3, 0.4) is 0 Å². The molecule has 1 aliphatic rings. The second-order valence-electron chi connectivity index (χ2n) is 3.64. The second-order valence-corrected chi connectivity index (χ2v) is 4.60. The van der Waals surface area contributed by atoms with E-state index in [0.29, 0.717) is 16.5 Å². The number of carboxylic acid groups (broad SMARTS) is 1. The summed E-state index contributed by atoms with van der Waals surface area (Å²) in [6.07, 6.45) is 1.52. The van der Waals surface area contributed by atoms with Crippen molar-refractivity contribution in [2.75, 3.05) is 5.75 Å². The number of aromatic hydroxyl groups is 1. The number of rotatable bonds is 2. The molecule has 5 nitrogen and oxygen atoms in total. The minimum Gasteiger partial charge on any atom is -0.547 e. The minimum atomic E-state index is -1.23. The van der Waals surface area contributed by atoms with Crippen molar-refractivity contribution in [1.29, 1.82) is 0 Å². The van der Waals surface area contributed by atoms with E-state index < -0.39 is 11.5 Å². The summed E-state index contributed by atoms with van der Waals surface area (Å²) in [5.41, 5.74) is -0.915. The summed E-state index contributed by atoms with van der Waals surface area (Å²) < 4.78 is 0. The summed E-state index contributed by atoms with van der Waals surface area (Å²) in [6.45, 7) is 1.49. The van der Waals surface area contributed by atoms with Gasteiger partial charge < -0.3 is 15.0 Å². The van der Waals surface area contributed by atoms with Gasteiger partial charge in [-0.2, -0.15) is 0 Å². The van der Waals surface area contributed by atoms with Gasteiger partial charge in [-0.3, -0.25) is 9.98 Å². The lowest BCUT2D eigenvalue weighted by molar-refractivity contribution is -0.311. The number of hydrogen-bond acceptors (Lipinski definition) is 6. The predicted octanol–water partition coefficient (Wildman–Crippen LogP) is -0.211. The molecule has 0 aromatic carbocycles. The molecule has 0 unspecified atom stereocenters. The number of hydrogen-bond donors (Lipinski definition) is 1. The van der Waals surface area contributed by atoms with Crippen LogP contribution in [-0.4, -0.2) is 32.4 Å². The average Bonchev–Trinajstić information content (AvgIpc) is 2.63. The Kier molecular flexibility index (Phi) is 2.59. The molecule has 1 aliphatic heterocycles. The summed E-state index contributed by atoms with van der Waals surface area (Å²) in [5.74, 6) is -0.928. The molecule has 0 amide bonds. The zero-order valence-electron chi connectivity index (χ0n) is 8.51. The predicted molar refractivity (Wildman–Crippen MR) is 58.3 cm³/mol. The highest BCUT2D eigenvalue weighted by Gasteiger charge is 2.33. The van der Waals surface area contributed by atoms with Gasteiger partial charge in [0.2, 0.25) is 0 Å². The number of nitrogens with zero attached hydrogens (tertiary/aromatic N) is 2. The average molecular weight is 237 g/mol. The van der Waals surface area contributed by atoms with Crippen LogP contribution in [0.4, 0.5) is 0 Å². The quantitative estimate of drug-likeness (QED) is 0.769. The fraction of sp³-hybridized carbons (Fsp3) is 0.300. The van der Waals surface area contributed by atoms with Crippen LogP contribution in [0.5, 0.6) is 5.75 Å². The third kappa shape index (κ3) is 1.76. The monoisotopic (exact) mass is 237 g/mol. The Morgan fingerprint density at radius 1 is 1.69 bits per heavy atom. The van der Waals surface area contributed by atoms with Crippen LogP contribution in [0, 0.1) is 0 Å². The summed E-state index contributed by atoms with van der Waals surface area (Å²) >= 11 is 1.25. The normalized spacial score (nSPS) is 24.2. The van der Waals surface area contributed by atoms with Crippen molar-refractivity contribution in [2.24, 2.45) is 4.99 Å². The molecule has 6 heteroatoms. The molecule has 0 saturated heterocycles. The molecule has 1 aromatic heterocycles. The van der Waals surface area contributed by atoms with Gasteiger partial charge in [-0.05, 0) is 19.1 Å². The van der Waals surface area contributed by atoms with Crippen molar-refractivity contribution in [3.63, 3.8) is 0 Å². The number of aliphatic carboxylic acids is 1. The van der Waals surface area contributed by atoms with E-state index in [4.69, 9.17) is 0 Å². The first-order valence-electron chi connectivity index (χ1n) is 4.61. The van der Waals surface area contributed by atoms with Gasteiger partial charge in [0.15, 0.2) is 0 Å². The van der Waals surface area contributed by atoms with Crippen molar-refractivity contribution in [2.45, 2.75) is 12.5 Å².